The van der Waals surface area contributed by atoms with Gasteiger partial charge in [0.25, 0.3) is 5.91 Å². The minimum Gasteiger partial charge on any atom is -0.474 e. The summed E-state index contributed by atoms with van der Waals surface area (Å²) in [4.78, 5) is 16.1. The fourth-order valence-electron chi connectivity index (χ4n) is 2.71. The third-order valence-electron chi connectivity index (χ3n) is 4.07. The van der Waals surface area contributed by atoms with Crippen LogP contribution in [0.5, 0.6) is 5.88 Å². The molecule has 0 unspecified atom stereocenters. The molecule has 2 aromatic heterocycles. The van der Waals surface area contributed by atoms with E-state index in [2.05, 4.69) is 10.3 Å². The normalized spacial score (nSPS) is 20.8. The van der Waals surface area contributed by atoms with Crippen LogP contribution in [0.3, 0.4) is 0 Å². The number of ether oxygens (including phenoxy) is 1. The molecule has 130 valence electrons. The maximum Gasteiger partial charge on any atom is 0.418 e. The van der Waals surface area contributed by atoms with Crippen LogP contribution < -0.4 is 15.8 Å². The van der Waals surface area contributed by atoms with Gasteiger partial charge in [0.05, 0.1) is 21.3 Å². The Morgan fingerprint density at radius 3 is 2.67 bits per heavy atom. The summed E-state index contributed by atoms with van der Waals surface area (Å²) in [6, 6.07) is 0.00343. The fraction of sp³-hybridized carbons (Fsp3) is 0.467. The average Bonchev–Trinajstić information content (AvgIpc) is 2.87. The number of pyridine rings is 1. The van der Waals surface area contributed by atoms with E-state index in [1.807, 2.05) is 0 Å². The van der Waals surface area contributed by atoms with Crippen molar-refractivity contribution in [2.24, 2.45) is 5.73 Å². The zero-order valence-electron chi connectivity index (χ0n) is 13.0. The van der Waals surface area contributed by atoms with Crippen molar-refractivity contribution in [2.45, 2.75) is 38.1 Å². The van der Waals surface area contributed by atoms with Crippen molar-refractivity contribution in [1.29, 1.82) is 0 Å². The molecule has 1 aliphatic rings. The van der Waals surface area contributed by atoms with Crippen molar-refractivity contribution in [2.75, 3.05) is 7.05 Å². The highest BCUT2D eigenvalue weighted by Gasteiger charge is 2.39. The van der Waals surface area contributed by atoms with E-state index in [1.165, 1.54) is 19.4 Å². The number of halogens is 3. The molecule has 3 N–H and O–H groups in total. The number of thiophene rings is 1. The van der Waals surface area contributed by atoms with Gasteiger partial charge >= 0.3 is 6.18 Å². The molecule has 3 rings (SSSR count). The number of rotatable bonds is 3. The lowest BCUT2D eigenvalue weighted by molar-refractivity contribution is -0.136. The number of hydrogen-bond acceptors (Lipinski definition) is 5. The van der Waals surface area contributed by atoms with E-state index in [9.17, 15) is 18.0 Å². The molecule has 5 nitrogen and oxygen atoms in total. The molecule has 1 saturated carbocycles. The van der Waals surface area contributed by atoms with Gasteiger partial charge in [-0.25, -0.2) is 4.98 Å². The van der Waals surface area contributed by atoms with Gasteiger partial charge in [-0.15, -0.1) is 11.3 Å². The van der Waals surface area contributed by atoms with Gasteiger partial charge in [0, 0.05) is 24.0 Å². The molecule has 0 bridgehead atoms. The van der Waals surface area contributed by atoms with Gasteiger partial charge in [-0.05, 0) is 19.8 Å². The number of aromatic nitrogens is 1. The Kier molecular flexibility index (Phi) is 4.16. The second-order valence-electron chi connectivity index (χ2n) is 5.79. The molecule has 0 aromatic carbocycles. The van der Waals surface area contributed by atoms with Crippen LogP contribution in [0.15, 0.2) is 5.38 Å². The summed E-state index contributed by atoms with van der Waals surface area (Å²) in [5, 5.41) is 3.79. The molecule has 1 aliphatic carbocycles. The molecule has 1 amide bonds. The molecule has 1 fully saturated rings. The first-order chi connectivity index (χ1) is 11.2. The van der Waals surface area contributed by atoms with Gasteiger partial charge < -0.3 is 15.8 Å². The fourth-order valence-corrected chi connectivity index (χ4v) is 3.82. The Labute approximate surface area is 140 Å². The van der Waals surface area contributed by atoms with Gasteiger partial charge in [-0.2, -0.15) is 13.2 Å². The SMILES string of the molecule is CNC(=O)c1csc2c(C(F)(F)F)c(C)c(O[C@H]3C[C@@H](N)C3)nc12. The number of nitrogens with two attached hydrogens (primary N) is 1. The second-order valence-corrected chi connectivity index (χ2v) is 6.67. The summed E-state index contributed by atoms with van der Waals surface area (Å²) in [6.45, 7) is 1.34. The predicted octanol–water partition coefficient (Wildman–Crippen LogP) is 2.85. The molecular formula is C15H16F3N3O2S. The third kappa shape index (κ3) is 2.82. The Balaban J connectivity index is 2.16. The summed E-state index contributed by atoms with van der Waals surface area (Å²) in [6.07, 6.45) is -3.66. The lowest BCUT2D eigenvalue weighted by Crippen LogP contribution is -2.43. The monoisotopic (exact) mass is 359 g/mol. The van der Waals surface area contributed by atoms with E-state index < -0.39 is 17.6 Å². The third-order valence-corrected chi connectivity index (χ3v) is 5.05. The van der Waals surface area contributed by atoms with Crippen molar-refractivity contribution in [3.8, 4) is 5.88 Å². The molecular weight excluding hydrogens is 343 g/mol. The number of carbonyl (C=O) groups is 1. The lowest BCUT2D eigenvalue weighted by atomic mass is 9.90. The van der Waals surface area contributed by atoms with Crippen LogP contribution >= 0.6 is 11.3 Å². The maximum absolute atomic E-state index is 13.5. The number of hydrogen-bond donors (Lipinski definition) is 2. The largest absolute Gasteiger partial charge is 0.474 e. The Hall–Kier alpha value is -1.87. The second kappa shape index (κ2) is 5.89. The molecule has 2 heterocycles. The molecule has 0 saturated heterocycles. The van der Waals surface area contributed by atoms with E-state index in [0.29, 0.717) is 12.8 Å². The summed E-state index contributed by atoms with van der Waals surface area (Å²) in [7, 11) is 1.41. The lowest BCUT2D eigenvalue weighted by Gasteiger charge is -2.32. The number of fused-ring (bicyclic) bond motifs is 1. The van der Waals surface area contributed by atoms with Crippen LogP contribution in [-0.2, 0) is 6.18 Å². The van der Waals surface area contributed by atoms with Gasteiger partial charge in [0.2, 0.25) is 5.88 Å². The van der Waals surface area contributed by atoms with Crippen LogP contribution in [-0.4, -0.2) is 30.1 Å². The zero-order chi connectivity index (χ0) is 17.6. The first-order valence-electron chi connectivity index (χ1n) is 7.35. The summed E-state index contributed by atoms with van der Waals surface area (Å²) in [5.41, 5.74) is 4.93. The predicted molar refractivity (Wildman–Crippen MR) is 84.4 cm³/mol. The Bertz CT molecular complexity index is 797. The Morgan fingerprint density at radius 2 is 2.12 bits per heavy atom. The molecule has 0 radical (unpaired) electrons. The van der Waals surface area contributed by atoms with Crippen molar-refractivity contribution >= 4 is 27.5 Å². The highest BCUT2D eigenvalue weighted by atomic mass is 32.1. The number of nitrogens with one attached hydrogen (secondary N) is 1. The van der Waals surface area contributed by atoms with Crippen LogP contribution in [0.2, 0.25) is 0 Å². The van der Waals surface area contributed by atoms with Crippen molar-refractivity contribution < 1.29 is 22.7 Å². The molecule has 0 atom stereocenters. The van der Waals surface area contributed by atoms with Gasteiger partial charge in [-0.1, -0.05) is 0 Å². The number of amides is 1. The maximum atomic E-state index is 13.5. The van der Waals surface area contributed by atoms with Gasteiger partial charge in [-0.3, -0.25) is 4.79 Å². The molecule has 24 heavy (non-hydrogen) atoms. The van der Waals surface area contributed by atoms with Crippen LogP contribution in [0.1, 0.15) is 34.3 Å². The number of nitrogens with zero attached hydrogens (tertiary/aromatic N) is 1. The van der Waals surface area contributed by atoms with E-state index in [1.54, 1.807) is 0 Å². The average molecular weight is 359 g/mol. The topological polar surface area (TPSA) is 77.2 Å². The van der Waals surface area contributed by atoms with Crippen molar-refractivity contribution in [3.63, 3.8) is 0 Å². The minimum atomic E-state index is -4.57. The standard InChI is InChI=1S/C15H16F3N3O2S/c1-6-10(15(16,17)18)12-11(9(5-24-12)13(22)20-2)21-14(6)23-8-3-7(19)4-8/h5,7-8H,3-4,19H2,1-2H3,(H,20,22)/t7-,8+. The Morgan fingerprint density at radius 1 is 1.46 bits per heavy atom. The highest BCUT2D eigenvalue weighted by Crippen LogP contribution is 2.43. The van der Waals surface area contributed by atoms with Crippen molar-refractivity contribution in [3.05, 3.63) is 22.1 Å². The van der Waals surface area contributed by atoms with Gasteiger partial charge in [0.15, 0.2) is 0 Å². The van der Waals surface area contributed by atoms with E-state index in [0.717, 1.165) is 11.3 Å². The zero-order valence-corrected chi connectivity index (χ0v) is 13.8. The highest BCUT2D eigenvalue weighted by molar-refractivity contribution is 7.17. The molecule has 2 aromatic rings. The van der Waals surface area contributed by atoms with E-state index in [4.69, 9.17) is 10.5 Å². The van der Waals surface area contributed by atoms with Crippen LogP contribution in [0, 0.1) is 6.92 Å². The minimum absolute atomic E-state index is 0.00343. The quantitative estimate of drug-likeness (QED) is 0.883. The smallest absolute Gasteiger partial charge is 0.418 e. The molecule has 0 aliphatic heterocycles. The number of alkyl halides is 3. The summed E-state index contributed by atoms with van der Waals surface area (Å²) < 4.78 is 46.2. The molecule has 9 heteroatoms. The molecule has 0 spiro atoms. The summed E-state index contributed by atoms with van der Waals surface area (Å²) in [5.74, 6) is -0.572. The van der Waals surface area contributed by atoms with Crippen LogP contribution in [0.4, 0.5) is 13.2 Å². The van der Waals surface area contributed by atoms with E-state index in [-0.39, 0.29) is 39.4 Å². The van der Waals surface area contributed by atoms with Gasteiger partial charge in [0.1, 0.15) is 6.10 Å². The van der Waals surface area contributed by atoms with Crippen LogP contribution in [0.25, 0.3) is 10.2 Å². The summed E-state index contributed by atoms with van der Waals surface area (Å²) >= 11 is 0.854. The number of carbonyl (C=O) groups excluding carboxylic acids is 1. The van der Waals surface area contributed by atoms with Crippen molar-refractivity contribution in [1.82, 2.24) is 10.3 Å². The first kappa shape index (κ1) is 17.0. The first-order valence-corrected chi connectivity index (χ1v) is 8.23. The van der Waals surface area contributed by atoms with E-state index >= 15 is 0 Å².